The van der Waals surface area contributed by atoms with Gasteiger partial charge in [-0.1, -0.05) is 86.6 Å². The second-order valence-corrected chi connectivity index (χ2v) is 8.82. The van der Waals surface area contributed by atoms with Crippen molar-refractivity contribution in [1.82, 2.24) is 15.0 Å². The van der Waals surface area contributed by atoms with Crippen molar-refractivity contribution in [1.29, 1.82) is 0 Å². The Bertz CT molecular complexity index is 1180. The van der Waals surface area contributed by atoms with Gasteiger partial charge in [-0.3, -0.25) is 0 Å². The minimum atomic E-state index is -2.13. The first-order valence-electron chi connectivity index (χ1n) is 10.9. The van der Waals surface area contributed by atoms with Crippen LogP contribution in [0.1, 0.15) is 30.5 Å². The van der Waals surface area contributed by atoms with E-state index in [-0.39, 0.29) is 6.16 Å². The molecular weight excluding hydrogens is 433 g/mol. The van der Waals surface area contributed by atoms with Crippen LogP contribution < -0.4 is 0 Å². The molecule has 166 valence electrons. The highest BCUT2D eigenvalue weighted by Gasteiger charge is 2.18. The molecule has 33 heavy (non-hydrogen) atoms. The van der Waals surface area contributed by atoms with Crippen molar-refractivity contribution in [2.24, 2.45) is 0 Å². The van der Waals surface area contributed by atoms with E-state index >= 15 is 0 Å². The van der Waals surface area contributed by atoms with E-state index in [9.17, 15) is 4.57 Å². The third kappa shape index (κ3) is 5.55. The van der Waals surface area contributed by atoms with Gasteiger partial charge in [0.15, 0.2) is 17.5 Å². The maximum atomic E-state index is 11.5. The van der Waals surface area contributed by atoms with Gasteiger partial charge < -0.3 is 0 Å². The number of nitrogens with zero attached hydrogens (tertiary/aromatic N) is 3. The molecule has 0 aliphatic carbocycles. The number of aryl methyl sites for hydroxylation is 2. The Morgan fingerprint density at radius 2 is 0.970 bits per heavy atom. The Balaban J connectivity index is 1.77. The summed E-state index contributed by atoms with van der Waals surface area (Å²) in [5.74, 6) is 1.78. The molecule has 0 saturated heterocycles. The van der Waals surface area contributed by atoms with E-state index < -0.39 is 8.03 Å². The van der Waals surface area contributed by atoms with Crippen molar-refractivity contribution in [3.63, 3.8) is 0 Å². The van der Waals surface area contributed by atoms with Crippen LogP contribution in [0.25, 0.3) is 34.2 Å². The Labute approximate surface area is 194 Å². The van der Waals surface area contributed by atoms with Crippen molar-refractivity contribution in [2.45, 2.75) is 32.9 Å². The molecule has 4 aromatic rings. The van der Waals surface area contributed by atoms with Crippen LogP contribution in [0, 0.1) is 0 Å². The molecule has 4 rings (SSSR count). The number of hydrogen-bond donors (Lipinski definition) is 1. The summed E-state index contributed by atoms with van der Waals surface area (Å²) in [6, 6.07) is 23.9. The van der Waals surface area contributed by atoms with Crippen molar-refractivity contribution in [2.75, 3.05) is 0 Å². The van der Waals surface area contributed by atoms with Crippen LogP contribution in [0.5, 0.6) is 0 Å². The first-order chi connectivity index (χ1) is 16.1. The first kappa shape index (κ1) is 22.9. The smallest absolute Gasteiger partial charge is 0.208 e. The number of rotatable bonds is 8. The normalized spacial score (nSPS) is 11.4. The van der Waals surface area contributed by atoms with E-state index in [1.165, 1.54) is 11.1 Å². The Hall–Kier alpha value is -3.31. The van der Waals surface area contributed by atoms with Gasteiger partial charge >= 0.3 is 8.03 Å². The number of hydrogen-bond acceptors (Lipinski definition) is 6. The molecule has 1 atom stereocenters. The lowest BCUT2D eigenvalue weighted by molar-refractivity contribution is -0.130. The lowest BCUT2D eigenvalue weighted by Crippen LogP contribution is -2.00. The fourth-order valence-corrected chi connectivity index (χ4v) is 4.05. The van der Waals surface area contributed by atoms with Crippen molar-refractivity contribution in [3.8, 4) is 34.2 Å². The SMILES string of the molecule is CCc1ccc(-c2nc(-c3ccc(CC)cc3)nc(-c3ccc(C[P+](=O)OO)cc3)n2)cc1. The summed E-state index contributed by atoms with van der Waals surface area (Å²) in [4.78, 5) is 14.3. The molecule has 1 heterocycles. The molecule has 1 aromatic heterocycles. The molecule has 0 aliphatic heterocycles. The van der Waals surface area contributed by atoms with Crippen LogP contribution in [-0.4, -0.2) is 20.2 Å². The Morgan fingerprint density at radius 3 is 1.27 bits per heavy atom. The van der Waals surface area contributed by atoms with Crippen molar-refractivity contribution in [3.05, 3.63) is 89.5 Å². The quantitative estimate of drug-likeness (QED) is 0.179. The average molecular weight is 458 g/mol. The monoisotopic (exact) mass is 458 g/mol. The summed E-state index contributed by atoms with van der Waals surface area (Å²) in [7, 11) is -2.13. The van der Waals surface area contributed by atoms with Crippen molar-refractivity contribution < 1.29 is 14.5 Å². The zero-order chi connectivity index (χ0) is 23.2. The molecule has 3 aromatic carbocycles. The Morgan fingerprint density at radius 1 is 0.636 bits per heavy atom. The number of aromatic nitrogens is 3. The van der Waals surface area contributed by atoms with E-state index in [4.69, 9.17) is 20.2 Å². The summed E-state index contributed by atoms with van der Waals surface area (Å²) in [6.07, 6.45) is 2.07. The fraction of sp³-hybridized carbons (Fsp3) is 0.192. The topological polar surface area (TPSA) is 85.2 Å². The summed E-state index contributed by atoms with van der Waals surface area (Å²) in [5, 5.41) is 8.56. The molecule has 1 N–H and O–H groups in total. The maximum absolute atomic E-state index is 11.5. The largest absolute Gasteiger partial charge is 0.543 e. The van der Waals surface area contributed by atoms with Gasteiger partial charge in [-0.05, 0) is 28.5 Å². The van der Waals surface area contributed by atoms with E-state index in [1.54, 1.807) is 0 Å². The Kier molecular flexibility index (Phi) is 7.30. The van der Waals surface area contributed by atoms with Gasteiger partial charge in [-0.15, -0.1) is 0 Å². The highest BCUT2D eigenvalue weighted by Crippen LogP contribution is 2.29. The zero-order valence-corrected chi connectivity index (χ0v) is 19.5. The van der Waals surface area contributed by atoms with Gasteiger partial charge in [-0.25, -0.2) is 20.2 Å². The molecule has 0 amide bonds. The minimum absolute atomic E-state index is 0.132. The predicted molar refractivity (Wildman–Crippen MR) is 130 cm³/mol. The number of benzene rings is 3. The highest BCUT2D eigenvalue weighted by molar-refractivity contribution is 7.38. The zero-order valence-electron chi connectivity index (χ0n) is 18.6. The molecule has 0 radical (unpaired) electrons. The molecule has 0 saturated carbocycles. The summed E-state index contributed by atoms with van der Waals surface area (Å²) >= 11 is 0. The van der Waals surface area contributed by atoms with Crippen LogP contribution in [0.3, 0.4) is 0 Å². The summed E-state index contributed by atoms with van der Waals surface area (Å²) in [6.45, 7) is 4.25. The molecule has 0 aliphatic rings. The molecule has 7 heteroatoms. The lowest BCUT2D eigenvalue weighted by atomic mass is 10.1. The van der Waals surface area contributed by atoms with Gasteiger partial charge in [0.25, 0.3) is 0 Å². The van der Waals surface area contributed by atoms with Gasteiger partial charge in [0.1, 0.15) is 0 Å². The molecule has 0 spiro atoms. The third-order valence-electron chi connectivity index (χ3n) is 5.49. The van der Waals surface area contributed by atoms with Crippen molar-refractivity contribution >= 4 is 8.03 Å². The van der Waals surface area contributed by atoms with E-state index in [0.717, 1.165) is 35.1 Å². The van der Waals surface area contributed by atoms with E-state index in [1.807, 2.05) is 48.5 Å². The lowest BCUT2D eigenvalue weighted by Gasteiger charge is -2.09. The second-order valence-electron chi connectivity index (χ2n) is 7.68. The van der Waals surface area contributed by atoms with Crippen LogP contribution in [0.4, 0.5) is 0 Å². The van der Waals surface area contributed by atoms with E-state index in [0.29, 0.717) is 17.5 Å². The van der Waals surface area contributed by atoms with Gasteiger partial charge in [0.05, 0.1) is 0 Å². The molecule has 6 nitrogen and oxygen atoms in total. The maximum Gasteiger partial charge on any atom is 0.543 e. The fourth-order valence-electron chi connectivity index (χ4n) is 3.48. The third-order valence-corrected chi connectivity index (χ3v) is 6.30. The highest BCUT2D eigenvalue weighted by atomic mass is 31.1. The molecule has 0 fully saturated rings. The van der Waals surface area contributed by atoms with Crippen LogP contribution in [-0.2, 0) is 28.2 Å². The minimum Gasteiger partial charge on any atom is -0.208 e. The second kappa shape index (κ2) is 10.5. The first-order valence-corrected chi connectivity index (χ1v) is 12.3. The van der Waals surface area contributed by atoms with Crippen LogP contribution in [0.2, 0.25) is 0 Å². The average Bonchev–Trinajstić information content (AvgIpc) is 2.89. The molecular formula is C26H25N3O3P+. The standard InChI is InChI=1S/C26H24N3O3P/c1-3-18-5-11-21(12-6-18)24-27-25(22-13-7-19(4-2)8-14-22)29-26(28-24)23-15-9-20(10-16-23)17-33(31)32-30/h5-16H,3-4,17H2,1-2H3/p+1. The summed E-state index contributed by atoms with van der Waals surface area (Å²) < 4.78 is 15.4. The summed E-state index contributed by atoms with van der Waals surface area (Å²) in [5.41, 5.74) is 5.97. The molecule has 0 bridgehead atoms. The predicted octanol–water partition coefficient (Wildman–Crippen LogP) is 6.73. The van der Waals surface area contributed by atoms with E-state index in [2.05, 4.69) is 42.8 Å². The molecule has 1 unspecified atom stereocenters. The van der Waals surface area contributed by atoms with Crippen LogP contribution >= 0.6 is 8.03 Å². The van der Waals surface area contributed by atoms with Crippen LogP contribution in [0.15, 0.2) is 72.8 Å². The van der Waals surface area contributed by atoms with Gasteiger partial charge in [0, 0.05) is 26.9 Å². The van der Waals surface area contributed by atoms with Gasteiger partial charge in [0.2, 0.25) is 6.16 Å². The van der Waals surface area contributed by atoms with Gasteiger partial charge in [-0.2, -0.15) is 0 Å².